The highest BCUT2D eigenvalue weighted by Gasteiger charge is 2.00. The number of aromatic hydroxyl groups is 1. The molecule has 2 aromatic rings. The minimum atomic E-state index is -4.64. The third-order valence-corrected chi connectivity index (χ3v) is 2.89. The molecule has 2 aromatic carbocycles. The normalized spacial score (nSPS) is 9.36. The first-order valence-electron chi connectivity index (χ1n) is 5.23. The van der Waals surface area contributed by atoms with E-state index in [1.165, 1.54) is 0 Å². The fourth-order valence-corrected chi connectivity index (χ4v) is 1.43. The largest absolute Gasteiger partial charge is 0.508 e. The molecule has 0 bridgehead atoms. The molecule has 124 valence electrons. The zero-order valence-corrected chi connectivity index (χ0v) is 14.1. The Morgan fingerprint density at radius 1 is 0.773 bits per heavy atom. The van der Waals surface area contributed by atoms with Crippen LogP contribution in [0.2, 0.25) is 15.1 Å². The Labute approximate surface area is 142 Å². The maximum Gasteiger partial charge on any atom is 0.466 e. The van der Waals surface area contributed by atoms with Crippen LogP contribution in [-0.4, -0.2) is 25.3 Å². The van der Waals surface area contributed by atoms with Gasteiger partial charge in [0.2, 0.25) is 0 Å². The average Bonchev–Trinajstić information content (AvgIpc) is 2.35. The topological polar surface area (TPSA) is 129 Å². The zero-order chi connectivity index (χ0) is 16.5. The summed E-state index contributed by atoms with van der Waals surface area (Å²) in [7, 11) is -4.64. The van der Waals surface area contributed by atoms with E-state index in [1.807, 2.05) is 6.07 Å². The second-order valence-electron chi connectivity index (χ2n) is 3.38. The Kier molecular flexibility index (Phi) is 12.5. The van der Waals surface area contributed by atoms with Crippen molar-refractivity contribution >= 4 is 42.6 Å². The number of para-hydroxylation sites is 1. The smallest absolute Gasteiger partial charge is 0.466 e. The molecule has 0 unspecified atom stereocenters. The number of hydrogen-bond donors (Lipinski definition) is 4. The average molecular weight is 392 g/mol. The van der Waals surface area contributed by atoms with Gasteiger partial charge in [-0.1, -0.05) is 59.1 Å². The summed E-state index contributed by atoms with van der Waals surface area (Å²) in [6.07, 6.45) is 0. The number of phenolic OH excluding ortho intramolecular Hbond substituents is 1. The molecule has 6 N–H and O–H groups in total. The van der Waals surface area contributed by atoms with Gasteiger partial charge in [0.15, 0.2) is 0 Å². The monoisotopic (exact) mass is 390 g/mol. The van der Waals surface area contributed by atoms with Crippen molar-refractivity contribution in [3.05, 3.63) is 63.6 Å². The van der Waals surface area contributed by atoms with Crippen molar-refractivity contribution < 1.29 is 29.8 Å². The van der Waals surface area contributed by atoms with Crippen molar-refractivity contribution in [1.82, 2.24) is 0 Å². The van der Waals surface area contributed by atoms with Crippen LogP contribution in [0, 0.1) is 0 Å². The van der Waals surface area contributed by atoms with Gasteiger partial charge in [-0.05, 0) is 24.3 Å². The van der Waals surface area contributed by atoms with E-state index in [0.29, 0.717) is 20.8 Å². The van der Waals surface area contributed by atoms with Crippen molar-refractivity contribution in [2.45, 2.75) is 0 Å². The highest BCUT2D eigenvalue weighted by atomic mass is 35.5. The number of halogens is 3. The number of rotatable bonds is 0. The molecule has 6 nitrogen and oxygen atoms in total. The summed E-state index contributed by atoms with van der Waals surface area (Å²) in [5.41, 5.74) is 0. The van der Waals surface area contributed by atoms with Gasteiger partial charge in [0.05, 0.1) is 15.1 Å². The van der Waals surface area contributed by atoms with Crippen LogP contribution in [0.4, 0.5) is 0 Å². The van der Waals surface area contributed by atoms with Crippen LogP contribution in [0.25, 0.3) is 0 Å². The summed E-state index contributed by atoms with van der Waals surface area (Å²) in [5.74, 6) is 0.322. The third kappa shape index (κ3) is 14.1. The Balaban J connectivity index is 0. The summed E-state index contributed by atoms with van der Waals surface area (Å²) in [4.78, 5) is 21.6. The van der Waals surface area contributed by atoms with Crippen LogP contribution in [-0.2, 0) is 4.57 Å². The Morgan fingerprint density at radius 2 is 1.14 bits per heavy atom. The first-order valence-corrected chi connectivity index (χ1v) is 7.93. The lowest BCUT2D eigenvalue weighted by Crippen LogP contribution is -1.67. The highest BCUT2D eigenvalue weighted by molar-refractivity contribution is 7.45. The summed E-state index contributed by atoms with van der Waals surface area (Å²) < 4.78 is 8.88. The van der Waals surface area contributed by atoms with Crippen molar-refractivity contribution in [1.29, 1.82) is 0 Å². The van der Waals surface area contributed by atoms with Gasteiger partial charge in [-0.15, -0.1) is 0 Å². The third-order valence-electron chi connectivity index (χ3n) is 1.66. The van der Waals surface area contributed by atoms with Gasteiger partial charge >= 0.3 is 7.82 Å². The van der Waals surface area contributed by atoms with Crippen LogP contribution < -0.4 is 0 Å². The van der Waals surface area contributed by atoms with Crippen molar-refractivity contribution in [2.75, 3.05) is 0 Å². The molecule has 0 aromatic heterocycles. The lowest BCUT2D eigenvalue weighted by molar-refractivity contribution is 0.275. The fraction of sp³-hybridized carbons (Fsp3) is 0. The molecule has 0 amide bonds. The Morgan fingerprint density at radius 3 is 1.36 bits per heavy atom. The second-order valence-corrected chi connectivity index (χ2v) is 5.60. The minimum Gasteiger partial charge on any atom is -0.508 e. The number of phenols is 1. The number of benzene rings is 2. The van der Waals surface area contributed by atoms with Gasteiger partial charge in [0.1, 0.15) is 5.75 Å². The molecule has 0 fully saturated rings. The molecule has 2 rings (SSSR count). The maximum atomic E-state index is 8.88. The van der Waals surface area contributed by atoms with Gasteiger partial charge in [-0.2, -0.15) is 0 Å². The molecule has 0 aliphatic rings. The van der Waals surface area contributed by atoms with Crippen LogP contribution >= 0.6 is 42.6 Å². The lowest BCUT2D eigenvalue weighted by Gasteiger charge is -1.94. The van der Waals surface area contributed by atoms with E-state index in [0.717, 1.165) is 0 Å². The molecule has 0 aliphatic heterocycles. The van der Waals surface area contributed by atoms with Crippen LogP contribution in [0.5, 0.6) is 5.75 Å². The fourth-order valence-electron chi connectivity index (χ4n) is 0.905. The van der Waals surface area contributed by atoms with E-state index in [-0.39, 0.29) is 5.48 Å². The first-order chi connectivity index (χ1) is 9.61. The number of phosphoric acid groups is 1. The molecule has 10 heteroatoms. The molecule has 22 heavy (non-hydrogen) atoms. The van der Waals surface area contributed by atoms with E-state index in [9.17, 15) is 0 Å². The summed E-state index contributed by atoms with van der Waals surface area (Å²) >= 11 is 16.8. The van der Waals surface area contributed by atoms with E-state index >= 15 is 0 Å². The summed E-state index contributed by atoms with van der Waals surface area (Å²) in [5, 5.41) is 10.0. The quantitative estimate of drug-likeness (QED) is 0.404. The minimum absolute atomic E-state index is 0. The van der Waals surface area contributed by atoms with Crippen LogP contribution in [0.1, 0.15) is 0 Å². The van der Waals surface area contributed by atoms with Crippen LogP contribution in [0.3, 0.4) is 0 Å². The summed E-state index contributed by atoms with van der Waals surface area (Å²) in [6, 6.07) is 13.8. The lowest BCUT2D eigenvalue weighted by atomic mass is 10.3. The zero-order valence-electron chi connectivity index (χ0n) is 10.9. The van der Waals surface area contributed by atoms with Gasteiger partial charge in [0.25, 0.3) is 0 Å². The molecular weight excluding hydrogens is 377 g/mol. The first kappa shape index (κ1) is 23.4. The standard InChI is InChI=1S/C6H3Cl3.C6H6O.H3O4P.H2O/c7-4-2-1-3-5(8)6(4)9;7-6-4-2-1-3-5-6;1-5(2,3)4;/h1-3H;1-5,7H;(H3,1,2,3,4);1H2. The summed E-state index contributed by atoms with van der Waals surface area (Å²) in [6.45, 7) is 0. The molecule has 0 saturated carbocycles. The Hall–Kier alpha value is -0.820. The number of hydrogen-bond acceptors (Lipinski definition) is 2. The van der Waals surface area contributed by atoms with Gasteiger partial charge in [-0.3, -0.25) is 0 Å². The van der Waals surface area contributed by atoms with Crippen molar-refractivity contribution in [3.8, 4) is 5.75 Å². The predicted molar refractivity (Wildman–Crippen MR) is 87.5 cm³/mol. The molecular formula is C12H14Cl3O6P. The Bertz CT molecular complexity index is 562. The molecule has 0 saturated heterocycles. The van der Waals surface area contributed by atoms with Crippen molar-refractivity contribution in [2.24, 2.45) is 0 Å². The van der Waals surface area contributed by atoms with E-state index < -0.39 is 7.82 Å². The molecule has 0 aliphatic carbocycles. The molecule has 0 atom stereocenters. The highest BCUT2D eigenvalue weighted by Crippen LogP contribution is 2.28. The van der Waals surface area contributed by atoms with E-state index in [4.69, 9.17) is 59.2 Å². The molecule has 0 radical (unpaired) electrons. The molecule has 0 spiro atoms. The predicted octanol–water partition coefficient (Wildman–Crippen LogP) is 3.29. The van der Waals surface area contributed by atoms with Crippen molar-refractivity contribution in [3.63, 3.8) is 0 Å². The van der Waals surface area contributed by atoms with Gasteiger partial charge in [-0.25, -0.2) is 4.57 Å². The van der Waals surface area contributed by atoms with Gasteiger partial charge < -0.3 is 25.3 Å². The van der Waals surface area contributed by atoms with Crippen LogP contribution in [0.15, 0.2) is 48.5 Å². The second kappa shape index (κ2) is 11.7. The maximum absolute atomic E-state index is 8.88. The molecule has 0 heterocycles. The SMILES string of the molecule is Clc1cccc(Cl)c1Cl.O.O=P(O)(O)O.Oc1ccccc1. The van der Waals surface area contributed by atoms with Gasteiger partial charge in [0, 0.05) is 0 Å². The van der Waals surface area contributed by atoms with E-state index in [1.54, 1.807) is 42.5 Å². The van der Waals surface area contributed by atoms with E-state index in [2.05, 4.69) is 0 Å².